The minimum absolute atomic E-state index is 0.714. The van der Waals surface area contributed by atoms with Gasteiger partial charge in [0.1, 0.15) is 0 Å². The summed E-state index contributed by atoms with van der Waals surface area (Å²) in [5.41, 5.74) is 0. The molecule has 0 heterocycles. The van der Waals surface area contributed by atoms with Gasteiger partial charge in [0.2, 0.25) is 0 Å². The molecule has 0 saturated heterocycles. The lowest BCUT2D eigenvalue weighted by molar-refractivity contribution is 0.275. The van der Waals surface area contributed by atoms with Gasteiger partial charge in [0.05, 0.1) is 0 Å². The van der Waals surface area contributed by atoms with Crippen LogP contribution in [0.2, 0.25) is 5.04 Å². The van der Waals surface area contributed by atoms with Gasteiger partial charge in [0.15, 0.2) is 0 Å². The van der Waals surface area contributed by atoms with E-state index in [0.717, 1.165) is 29.6 Å². The van der Waals surface area contributed by atoms with Crippen LogP contribution in [-0.4, -0.2) is 10.2 Å². The molecule has 0 amide bonds. The zero-order chi connectivity index (χ0) is 13.3. The highest BCUT2D eigenvalue weighted by molar-refractivity contribution is 6.15. The summed E-state index contributed by atoms with van der Waals surface area (Å²) >= 11 is 0. The molecule has 0 N–H and O–H groups in total. The summed E-state index contributed by atoms with van der Waals surface area (Å²) in [5, 5.41) is 0.714. The average molecular weight is 265 g/mol. The molecular weight excluding hydrogens is 232 g/mol. The Balaban J connectivity index is 1.98. The summed E-state index contributed by atoms with van der Waals surface area (Å²) in [4.78, 5) is 0. The first-order chi connectivity index (χ1) is 8.38. The Bertz CT molecular complexity index is 293. The van der Waals surface area contributed by atoms with E-state index in [0.29, 0.717) is 5.04 Å². The number of hydrogen-bond acceptors (Lipinski definition) is 0. The van der Waals surface area contributed by atoms with Gasteiger partial charge in [-0.2, -0.15) is 0 Å². The monoisotopic (exact) mass is 264 g/mol. The molecule has 0 aromatic carbocycles. The Morgan fingerprint density at radius 1 is 1.06 bits per heavy atom. The van der Waals surface area contributed by atoms with Crippen LogP contribution in [0.1, 0.15) is 59.8 Å². The van der Waals surface area contributed by atoms with Crippen LogP contribution in [0, 0.1) is 29.6 Å². The molecule has 3 unspecified atom stereocenters. The molecule has 0 aromatic rings. The lowest BCUT2D eigenvalue weighted by Gasteiger charge is -2.37. The van der Waals surface area contributed by atoms with E-state index in [2.05, 4.69) is 39.8 Å². The molecule has 3 atom stereocenters. The topological polar surface area (TPSA) is 0 Å². The van der Waals surface area contributed by atoms with E-state index < -0.39 is 0 Å². The van der Waals surface area contributed by atoms with E-state index in [1.54, 1.807) is 0 Å². The smallest absolute Gasteiger partial charge is 0.0107 e. The summed E-state index contributed by atoms with van der Waals surface area (Å²) in [7, 11) is 1.38. The SMILES string of the molecule is CC(C)CC([SiH3])(CC(C)C)CC1CC2C=CC1C2. The van der Waals surface area contributed by atoms with Crippen molar-refractivity contribution in [2.75, 3.05) is 0 Å². The van der Waals surface area contributed by atoms with Crippen LogP contribution in [0.25, 0.3) is 0 Å². The van der Waals surface area contributed by atoms with Crippen molar-refractivity contribution in [2.45, 2.75) is 64.8 Å². The van der Waals surface area contributed by atoms with Crippen molar-refractivity contribution in [1.82, 2.24) is 0 Å². The van der Waals surface area contributed by atoms with E-state index in [4.69, 9.17) is 0 Å². The predicted octanol–water partition coefficient (Wildman–Crippen LogP) is 4.21. The van der Waals surface area contributed by atoms with Gasteiger partial charge in [-0.05, 0) is 66.7 Å². The summed E-state index contributed by atoms with van der Waals surface area (Å²) in [5.74, 6) is 4.66. The van der Waals surface area contributed by atoms with E-state index in [1.165, 1.54) is 42.3 Å². The summed E-state index contributed by atoms with van der Waals surface area (Å²) < 4.78 is 0. The van der Waals surface area contributed by atoms with Crippen LogP contribution in [0.3, 0.4) is 0 Å². The molecule has 0 aromatic heterocycles. The fraction of sp³-hybridized carbons (Fsp3) is 0.882. The van der Waals surface area contributed by atoms with Crippen molar-refractivity contribution >= 4 is 10.2 Å². The second-order valence-electron chi connectivity index (χ2n) is 8.25. The summed E-state index contributed by atoms with van der Waals surface area (Å²) in [6.07, 6.45) is 12.5. The van der Waals surface area contributed by atoms with Gasteiger partial charge in [-0.25, -0.2) is 0 Å². The number of hydrogen-bond donors (Lipinski definition) is 0. The normalized spacial score (nSPS) is 31.1. The molecule has 1 fully saturated rings. The van der Waals surface area contributed by atoms with Crippen molar-refractivity contribution < 1.29 is 0 Å². The van der Waals surface area contributed by atoms with E-state index in [-0.39, 0.29) is 0 Å². The Kier molecular flexibility index (Phi) is 4.41. The first-order valence-corrected chi connectivity index (χ1v) is 9.06. The number of rotatable bonds is 6. The van der Waals surface area contributed by atoms with Gasteiger partial charge < -0.3 is 0 Å². The van der Waals surface area contributed by atoms with Gasteiger partial charge >= 0.3 is 0 Å². The van der Waals surface area contributed by atoms with Crippen LogP contribution in [0.15, 0.2) is 12.2 Å². The third-order valence-electron chi connectivity index (χ3n) is 4.97. The lowest BCUT2D eigenvalue weighted by atomic mass is 9.78. The van der Waals surface area contributed by atoms with Crippen molar-refractivity contribution in [3.63, 3.8) is 0 Å². The molecule has 2 aliphatic rings. The Hall–Kier alpha value is -0.0431. The lowest BCUT2D eigenvalue weighted by Crippen LogP contribution is -2.23. The zero-order valence-corrected chi connectivity index (χ0v) is 15.1. The van der Waals surface area contributed by atoms with E-state index >= 15 is 0 Å². The minimum Gasteiger partial charge on any atom is -0.0851 e. The summed E-state index contributed by atoms with van der Waals surface area (Å²) in [6.45, 7) is 9.64. The van der Waals surface area contributed by atoms with Crippen molar-refractivity contribution in [1.29, 1.82) is 0 Å². The average Bonchev–Trinajstić information content (AvgIpc) is 2.74. The minimum atomic E-state index is 0.714. The van der Waals surface area contributed by atoms with Gasteiger partial charge in [-0.1, -0.05) is 39.8 Å². The summed E-state index contributed by atoms with van der Waals surface area (Å²) in [6, 6.07) is 0. The van der Waals surface area contributed by atoms with Crippen LogP contribution in [-0.2, 0) is 0 Å². The molecule has 0 aliphatic heterocycles. The number of fused-ring (bicyclic) bond motifs is 2. The van der Waals surface area contributed by atoms with Crippen LogP contribution >= 0.6 is 0 Å². The molecule has 2 aliphatic carbocycles. The highest BCUT2D eigenvalue weighted by Crippen LogP contribution is 2.52. The molecule has 0 radical (unpaired) electrons. The second kappa shape index (κ2) is 5.52. The van der Waals surface area contributed by atoms with Crippen LogP contribution in [0.5, 0.6) is 0 Å². The van der Waals surface area contributed by atoms with Gasteiger partial charge in [-0.3, -0.25) is 0 Å². The predicted molar refractivity (Wildman–Crippen MR) is 85.0 cm³/mol. The number of allylic oxidation sites excluding steroid dienone is 2. The van der Waals surface area contributed by atoms with Crippen molar-refractivity contribution in [2.24, 2.45) is 29.6 Å². The molecule has 0 spiro atoms. The second-order valence-corrected chi connectivity index (χ2v) is 10.4. The van der Waals surface area contributed by atoms with Crippen molar-refractivity contribution in [3.8, 4) is 0 Å². The zero-order valence-electron chi connectivity index (χ0n) is 13.1. The third kappa shape index (κ3) is 3.50. The molecule has 2 rings (SSSR count). The quantitative estimate of drug-likeness (QED) is 0.498. The largest absolute Gasteiger partial charge is 0.0851 e. The van der Waals surface area contributed by atoms with Gasteiger partial charge in [-0.15, -0.1) is 0 Å². The van der Waals surface area contributed by atoms with Crippen LogP contribution < -0.4 is 0 Å². The first-order valence-electron chi connectivity index (χ1n) is 8.06. The van der Waals surface area contributed by atoms with E-state index in [9.17, 15) is 0 Å². The molecule has 104 valence electrons. The molecular formula is C17H32Si. The fourth-order valence-electron chi connectivity index (χ4n) is 4.98. The highest BCUT2D eigenvalue weighted by Gasteiger charge is 2.39. The van der Waals surface area contributed by atoms with Crippen LogP contribution in [0.4, 0.5) is 0 Å². The molecule has 18 heavy (non-hydrogen) atoms. The molecule has 1 heteroatoms. The highest BCUT2D eigenvalue weighted by atomic mass is 28.1. The maximum absolute atomic E-state index is 2.53. The fourth-order valence-corrected chi connectivity index (χ4v) is 7.14. The molecule has 0 nitrogen and oxygen atoms in total. The maximum Gasteiger partial charge on any atom is 0.0107 e. The Morgan fingerprint density at radius 3 is 2.06 bits per heavy atom. The van der Waals surface area contributed by atoms with Crippen molar-refractivity contribution in [3.05, 3.63) is 12.2 Å². The third-order valence-corrected chi connectivity index (χ3v) is 6.20. The first kappa shape index (κ1) is 14.4. The van der Waals surface area contributed by atoms with Gasteiger partial charge in [0.25, 0.3) is 0 Å². The Labute approximate surface area is 117 Å². The standard InChI is InChI=1S/C17H32Si/c1-12(2)9-17(18,10-13(3)4)11-16-8-14-5-6-15(16)7-14/h5-6,12-16H,7-11H2,1-4,18H3. The maximum atomic E-state index is 2.53. The van der Waals surface area contributed by atoms with Gasteiger partial charge in [0, 0.05) is 10.2 Å². The Morgan fingerprint density at radius 2 is 1.67 bits per heavy atom. The molecule has 2 bridgehead atoms. The van der Waals surface area contributed by atoms with E-state index in [1.807, 2.05) is 0 Å². The molecule has 1 saturated carbocycles.